The fourth-order valence-electron chi connectivity index (χ4n) is 2.06. The van der Waals surface area contributed by atoms with Crippen LogP contribution in [-0.4, -0.2) is 35.8 Å². The number of rotatable bonds is 3. The molecule has 0 radical (unpaired) electrons. The zero-order valence-corrected chi connectivity index (χ0v) is 11.1. The number of nitrogens with zero attached hydrogens (tertiary/aromatic N) is 3. The van der Waals surface area contributed by atoms with Crippen LogP contribution in [0.15, 0.2) is 17.3 Å². The lowest BCUT2D eigenvalue weighted by Gasteiger charge is -2.23. The van der Waals surface area contributed by atoms with Crippen molar-refractivity contribution in [2.75, 3.05) is 7.05 Å². The molecule has 0 aromatic carbocycles. The van der Waals surface area contributed by atoms with Gasteiger partial charge in [0, 0.05) is 13.1 Å². The molecule has 0 bridgehead atoms. The molecule has 1 aromatic rings. The molecule has 1 aliphatic rings. The Bertz CT molecular complexity index is 483. The molecular weight excluding hydrogens is 262 g/mol. The van der Waals surface area contributed by atoms with Gasteiger partial charge in [0.15, 0.2) is 0 Å². The number of aromatic nitrogens is 2. The summed E-state index contributed by atoms with van der Waals surface area (Å²) in [5, 5.41) is 0.0486. The van der Waals surface area contributed by atoms with Gasteiger partial charge in [-0.05, 0) is 24.4 Å². The molecule has 1 fully saturated rings. The van der Waals surface area contributed by atoms with E-state index in [0.29, 0.717) is 0 Å². The van der Waals surface area contributed by atoms with Crippen molar-refractivity contribution in [3.63, 3.8) is 0 Å². The third kappa shape index (κ3) is 2.59. The topological polar surface area (TPSA) is 63.2 Å². The predicted octanol–water partition coefficient (Wildman–Crippen LogP) is 1.69. The first-order valence-corrected chi connectivity index (χ1v) is 7.29. The molecule has 1 aromatic heterocycles. The Morgan fingerprint density at radius 1 is 1.29 bits per heavy atom. The summed E-state index contributed by atoms with van der Waals surface area (Å²) >= 11 is 5.54. The van der Waals surface area contributed by atoms with E-state index < -0.39 is 10.0 Å². The summed E-state index contributed by atoms with van der Waals surface area (Å²) in [5.41, 5.74) is 0. The first-order valence-electron chi connectivity index (χ1n) is 5.47. The molecular formula is C10H14ClN3O2S. The average molecular weight is 276 g/mol. The van der Waals surface area contributed by atoms with Crippen LogP contribution in [0.2, 0.25) is 5.28 Å². The van der Waals surface area contributed by atoms with E-state index in [9.17, 15) is 8.42 Å². The summed E-state index contributed by atoms with van der Waals surface area (Å²) in [6.07, 6.45) is 6.50. The highest BCUT2D eigenvalue weighted by Gasteiger charge is 2.30. The molecule has 5 nitrogen and oxygen atoms in total. The minimum atomic E-state index is -3.49. The lowest BCUT2D eigenvalue weighted by atomic mass is 10.3. The van der Waals surface area contributed by atoms with E-state index >= 15 is 0 Å². The highest BCUT2D eigenvalue weighted by Crippen LogP contribution is 2.26. The van der Waals surface area contributed by atoms with E-state index in [-0.39, 0.29) is 16.2 Å². The third-order valence-electron chi connectivity index (χ3n) is 3.11. The van der Waals surface area contributed by atoms with Gasteiger partial charge >= 0.3 is 0 Å². The van der Waals surface area contributed by atoms with E-state index in [1.165, 1.54) is 16.7 Å². The fourth-order valence-corrected chi connectivity index (χ4v) is 3.47. The molecule has 7 heteroatoms. The third-order valence-corrected chi connectivity index (χ3v) is 5.17. The van der Waals surface area contributed by atoms with Crippen molar-refractivity contribution >= 4 is 21.6 Å². The Morgan fingerprint density at radius 3 is 2.35 bits per heavy atom. The van der Waals surface area contributed by atoms with Gasteiger partial charge in [0.1, 0.15) is 4.90 Å². The number of hydrogen-bond acceptors (Lipinski definition) is 4. The Hall–Kier alpha value is -0.720. The summed E-state index contributed by atoms with van der Waals surface area (Å²) in [7, 11) is -1.88. The zero-order valence-electron chi connectivity index (χ0n) is 9.50. The van der Waals surface area contributed by atoms with Crippen molar-refractivity contribution in [3.8, 4) is 0 Å². The summed E-state index contributed by atoms with van der Waals surface area (Å²) in [5.74, 6) is 0. The maximum Gasteiger partial charge on any atom is 0.246 e. The maximum atomic E-state index is 12.2. The van der Waals surface area contributed by atoms with Crippen molar-refractivity contribution in [2.45, 2.75) is 36.6 Å². The standard InChI is InChI=1S/C10H14ClN3O2S/c1-14(8-4-2-3-5-8)17(15,16)9-6-12-10(11)13-7-9/h6-8H,2-5H2,1H3. The molecule has 94 valence electrons. The number of sulfonamides is 1. The Balaban J connectivity index is 2.26. The Morgan fingerprint density at radius 2 is 1.82 bits per heavy atom. The van der Waals surface area contributed by atoms with Gasteiger partial charge in [-0.1, -0.05) is 12.8 Å². The van der Waals surface area contributed by atoms with Crippen LogP contribution in [0, 0.1) is 0 Å². The number of hydrogen-bond donors (Lipinski definition) is 0. The maximum absolute atomic E-state index is 12.2. The summed E-state index contributed by atoms with van der Waals surface area (Å²) in [4.78, 5) is 7.50. The van der Waals surface area contributed by atoms with E-state index in [2.05, 4.69) is 9.97 Å². The Labute approximate surface area is 106 Å². The zero-order chi connectivity index (χ0) is 12.5. The van der Waals surface area contributed by atoms with E-state index in [1.807, 2.05) is 0 Å². The van der Waals surface area contributed by atoms with Gasteiger partial charge < -0.3 is 0 Å². The highest BCUT2D eigenvalue weighted by molar-refractivity contribution is 7.89. The summed E-state index contributed by atoms with van der Waals surface area (Å²) < 4.78 is 25.9. The SMILES string of the molecule is CN(C1CCCC1)S(=O)(=O)c1cnc(Cl)nc1. The molecule has 0 aliphatic heterocycles. The quantitative estimate of drug-likeness (QED) is 0.788. The van der Waals surface area contributed by atoms with Crippen LogP contribution in [0.4, 0.5) is 0 Å². The van der Waals surface area contributed by atoms with E-state index in [0.717, 1.165) is 25.7 Å². The van der Waals surface area contributed by atoms with Crippen LogP contribution in [-0.2, 0) is 10.0 Å². The monoisotopic (exact) mass is 275 g/mol. The molecule has 0 amide bonds. The molecule has 0 spiro atoms. The summed E-state index contributed by atoms with van der Waals surface area (Å²) in [6.45, 7) is 0. The van der Waals surface area contributed by atoms with Crippen molar-refractivity contribution < 1.29 is 8.42 Å². The predicted molar refractivity (Wildman–Crippen MR) is 64.2 cm³/mol. The van der Waals surface area contributed by atoms with Crippen LogP contribution in [0.5, 0.6) is 0 Å². The van der Waals surface area contributed by atoms with Crippen LogP contribution in [0.1, 0.15) is 25.7 Å². The molecule has 0 saturated heterocycles. The first-order chi connectivity index (χ1) is 8.01. The lowest BCUT2D eigenvalue weighted by Crippen LogP contribution is -2.35. The summed E-state index contributed by atoms with van der Waals surface area (Å²) in [6, 6.07) is 0.0932. The molecule has 1 aliphatic carbocycles. The van der Waals surface area contributed by atoms with Crippen molar-refractivity contribution in [3.05, 3.63) is 17.7 Å². The second kappa shape index (κ2) is 4.88. The lowest BCUT2D eigenvalue weighted by molar-refractivity contribution is 0.372. The normalized spacial score (nSPS) is 17.8. The van der Waals surface area contributed by atoms with Gasteiger partial charge in [-0.25, -0.2) is 18.4 Å². The molecule has 0 unspecified atom stereocenters. The molecule has 2 rings (SSSR count). The fraction of sp³-hybridized carbons (Fsp3) is 0.600. The number of halogens is 1. The van der Waals surface area contributed by atoms with Gasteiger partial charge in [-0.3, -0.25) is 0 Å². The minimum absolute atomic E-state index is 0.0486. The largest absolute Gasteiger partial charge is 0.246 e. The van der Waals surface area contributed by atoms with Gasteiger partial charge in [-0.2, -0.15) is 4.31 Å². The second-order valence-corrected chi connectivity index (χ2v) is 6.48. The van der Waals surface area contributed by atoms with E-state index in [1.54, 1.807) is 7.05 Å². The smallest absolute Gasteiger partial charge is 0.225 e. The molecule has 0 N–H and O–H groups in total. The molecule has 17 heavy (non-hydrogen) atoms. The van der Waals surface area contributed by atoms with Crippen molar-refractivity contribution in [1.82, 2.24) is 14.3 Å². The van der Waals surface area contributed by atoms with Gasteiger partial charge in [0.05, 0.1) is 12.4 Å². The average Bonchev–Trinajstić information content (AvgIpc) is 2.82. The van der Waals surface area contributed by atoms with Crippen LogP contribution in [0.3, 0.4) is 0 Å². The van der Waals surface area contributed by atoms with Gasteiger partial charge in [0.2, 0.25) is 15.3 Å². The minimum Gasteiger partial charge on any atom is -0.225 e. The van der Waals surface area contributed by atoms with Crippen LogP contribution in [0.25, 0.3) is 0 Å². The van der Waals surface area contributed by atoms with E-state index in [4.69, 9.17) is 11.6 Å². The Kier molecular flexibility index (Phi) is 3.65. The second-order valence-electron chi connectivity index (χ2n) is 4.15. The van der Waals surface area contributed by atoms with Gasteiger partial charge in [0.25, 0.3) is 0 Å². The van der Waals surface area contributed by atoms with Gasteiger partial charge in [-0.15, -0.1) is 0 Å². The van der Waals surface area contributed by atoms with Crippen molar-refractivity contribution in [1.29, 1.82) is 0 Å². The van der Waals surface area contributed by atoms with Crippen LogP contribution < -0.4 is 0 Å². The highest BCUT2D eigenvalue weighted by atomic mass is 35.5. The molecule has 0 atom stereocenters. The first kappa shape index (κ1) is 12.7. The van der Waals surface area contributed by atoms with Crippen LogP contribution >= 0.6 is 11.6 Å². The van der Waals surface area contributed by atoms with Crippen molar-refractivity contribution in [2.24, 2.45) is 0 Å². The molecule has 1 heterocycles. The molecule has 1 saturated carbocycles.